The minimum absolute atomic E-state index is 0.147. The summed E-state index contributed by atoms with van der Waals surface area (Å²) in [7, 11) is 1.97. The molecule has 0 amide bonds. The van der Waals surface area contributed by atoms with Gasteiger partial charge in [-0.25, -0.2) is 4.98 Å². The summed E-state index contributed by atoms with van der Waals surface area (Å²) in [6.07, 6.45) is 5.20. The molecule has 5 aromatic carbocycles. The van der Waals surface area contributed by atoms with Gasteiger partial charge in [0.1, 0.15) is 11.6 Å². The van der Waals surface area contributed by atoms with Gasteiger partial charge in [0.05, 0.1) is 22.3 Å². The first-order valence-electron chi connectivity index (χ1n) is 16.0. The Balaban J connectivity index is 1.27. The minimum Gasteiger partial charge on any atom is -0.507 e. The van der Waals surface area contributed by atoms with E-state index in [1.165, 1.54) is 11.1 Å². The number of fused-ring (bicyclic) bond motifs is 1. The SMILES string of the molecule is Cc1cnc(-c2cc(-c3ccccc3)cc(-c3cccc4c3nc(-c3cnccc3O)n4C)c2)cc1-c1ccc(-c2ccccc2)cc1. The summed E-state index contributed by atoms with van der Waals surface area (Å²) in [5, 5.41) is 10.6. The van der Waals surface area contributed by atoms with E-state index in [1.54, 1.807) is 18.5 Å². The molecule has 48 heavy (non-hydrogen) atoms. The molecule has 0 fully saturated rings. The Kier molecular flexibility index (Phi) is 7.35. The second-order valence-corrected chi connectivity index (χ2v) is 12.1. The number of rotatable bonds is 6. The van der Waals surface area contributed by atoms with Gasteiger partial charge in [-0.1, -0.05) is 97.1 Å². The lowest BCUT2D eigenvalue weighted by Gasteiger charge is -2.13. The molecule has 5 nitrogen and oxygen atoms in total. The van der Waals surface area contributed by atoms with Crippen LogP contribution in [0.25, 0.3) is 78.2 Å². The smallest absolute Gasteiger partial charge is 0.146 e. The standard InChI is InChI=1S/C43H32N4O/c1-28-26-45-39(25-37(28)32-18-16-31(17-19-32)29-10-5-3-6-11-29)35-23-33(30-12-7-4-8-13-30)22-34(24-35)36-14-9-15-40-42(36)46-43(47(40)2)38-27-44-21-20-41(38)48/h3-27H,1-2H3,(H,44,48). The van der Waals surface area contributed by atoms with Crippen LogP contribution in [0.4, 0.5) is 0 Å². The number of nitrogens with zero attached hydrogens (tertiary/aromatic N) is 4. The lowest BCUT2D eigenvalue weighted by Crippen LogP contribution is -1.93. The number of aryl methyl sites for hydroxylation is 2. The first-order valence-corrected chi connectivity index (χ1v) is 16.0. The lowest BCUT2D eigenvalue weighted by molar-refractivity contribution is 0.476. The van der Waals surface area contributed by atoms with Crippen LogP contribution in [0, 0.1) is 6.92 Å². The number of aromatic nitrogens is 4. The van der Waals surface area contributed by atoms with Crippen LogP contribution in [-0.4, -0.2) is 24.6 Å². The third-order valence-electron chi connectivity index (χ3n) is 9.00. The van der Waals surface area contributed by atoms with Crippen molar-refractivity contribution in [3.05, 3.63) is 158 Å². The van der Waals surface area contributed by atoms with Crippen molar-refractivity contribution in [1.82, 2.24) is 19.5 Å². The van der Waals surface area contributed by atoms with Gasteiger partial charge in [-0.2, -0.15) is 0 Å². The lowest BCUT2D eigenvalue weighted by atomic mass is 9.93. The largest absolute Gasteiger partial charge is 0.507 e. The highest BCUT2D eigenvalue weighted by Crippen LogP contribution is 2.38. The van der Waals surface area contributed by atoms with Crippen molar-refractivity contribution in [3.8, 4) is 72.9 Å². The molecule has 230 valence electrons. The number of pyridine rings is 2. The third kappa shape index (κ3) is 5.31. The Hall–Kier alpha value is -6.33. The van der Waals surface area contributed by atoms with Gasteiger partial charge in [0.15, 0.2) is 0 Å². The van der Waals surface area contributed by atoms with Crippen LogP contribution in [0.3, 0.4) is 0 Å². The Morgan fingerprint density at radius 2 is 1.19 bits per heavy atom. The summed E-state index contributed by atoms with van der Waals surface area (Å²) in [5.74, 6) is 0.805. The van der Waals surface area contributed by atoms with E-state index in [4.69, 9.17) is 9.97 Å². The fraction of sp³-hybridized carbons (Fsp3) is 0.0465. The maximum absolute atomic E-state index is 10.6. The molecule has 0 aliphatic heterocycles. The highest BCUT2D eigenvalue weighted by atomic mass is 16.3. The Labute approximate surface area is 279 Å². The predicted molar refractivity (Wildman–Crippen MR) is 195 cm³/mol. The van der Waals surface area contributed by atoms with E-state index >= 15 is 0 Å². The average molecular weight is 621 g/mol. The summed E-state index contributed by atoms with van der Waals surface area (Å²) in [6, 6.07) is 46.3. The number of para-hydroxylation sites is 1. The molecule has 0 spiro atoms. The molecular formula is C43H32N4O. The van der Waals surface area contributed by atoms with E-state index in [2.05, 4.69) is 127 Å². The third-order valence-corrected chi connectivity index (χ3v) is 9.00. The van der Waals surface area contributed by atoms with Crippen molar-refractivity contribution in [3.63, 3.8) is 0 Å². The molecule has 0 unspecified atom stereocenters. The Morgan fingerprint density at radius 1 is 0.542 bits per heavy atom. The molecule has 3 heterocycles. The van der Waals surface area contributed by atoms with Crippen LogP contribution in [-0.2, 0) is 7.05 Å². The topological polar surface area (TPSA) is 63.8 Å². The second kappa shape index (κ2) is 12.1. The van der Waals surface area contributed by atoms with Gasteiger partial charge in [0.25, 0.3) is 0 Å². The van der Waals surface area contributed by atoms with Crippen molar-refractivity contribution >= 4 is 11.0 Å². The number of imidazole rings is 1. The van der Waals surface area contributed by atoms with Crippen molar-refractivity contribution in [2.45, 2.75) is 6.92 Å². The summed E-state index contributed by atoms with van der Waals surface area (Å²) in [5.41, 5.74) is 14.4. The number of benzene rings is 5. The molecule has 0 radical (unpaired) electrons. The van der Waals surface area contributed by atoms with Crippen LogP contribution in [0.15, 0.2) is 152 Å². The highest BCUT2D eigenvalue weighted by Gasteiger charge is 2.18. The summed E-state index contributed by atoms with van der Waals surface area (Å²) < 4.78 is 2.01. The zero-order valence-corrected chi connectivity index (χ0v) is 26.7. The molecule has 0 bridgehead atoms. The molecular weight excluding hydrogens is 589 g/mol. The average Bonchev–Trinajstić information content (AvgIpc) is 3.48. The van der Waals surface area contributed by atoms with E-state index in [9.17, 15) is 5.11 Å². The number of aromatic hydroxyl groups is 1. The van der Waals surface area contributed by atoms with Gasteiger partial charge >= 0.3 is 0 Å². The summed E-state index contributed by atoms with van der Waals surface area (Å²) in [6.45, 7) is 2.11. The second-order valence-electron chi connectivity index (χ2n) is 12.1. The van der Waals surface area contributed by atoms with Crippen molar-refractivity contribution in [2.75, 3.05) is 0 Å². The van der Waals surface area contributed by atoms with Gasteiger partial charge in [0, 0.05) is 36.8 Å². The van der Waals surface area contributed by atoms with Gasteiger partial charge in [-0.15, -0.1) is 0 Å². The number of hydrogen-bond donors (Lipinski definition) is 1. The monoisotopic (exact) mass is 620 g/mol. The molecule has 1 N–H and O–H groups in total. The van der Waals surface area contributed by atoms with Crippen LogP contribution in [0.1, 0.15) is 5.56 Å². The Bertz CT molecular complexity index is 2410. The van der Waals surface area contributed by atoms with Crippen molar-refractivity contribution in [1.29, 1.82) is 0 Å². The maximum Gasteiger partial charge on any atom is 0.146 e. The zero-order valence-electron chi connectivity index (χ0n) is 26.7. The maximum atomic E-state index is 10.6. The van der Waals surface area contributed by atoms with Crippen LogP contribution in [0.5, 0.6) is 5.75 Å². The summed E-state index contributed by atoms with van der Waals surface area (Å²) in [4.78, 5) is 14.2. The molecule has 0 saturated carbocycles. The zero-order chi connectivity index (χ0) is 32.6. The van der Waals surface area contributed by atoms with Crippen LogP contribution in [0.2, 0.25) is 0 Å². The Morgan fingerprint density at radius 3 is 1.92 bits per heavy atom. The van der Waals surface area contributed by atoms with Crippen LogP contribution < -0.4 is 0 Å². The molecule has 0 saturated heterocycles. The quantitative estimate of drug-likeness (QED) is 0.201. The fourth-order valence-corrected chi connectivity index (χ4v) is 6.44. The molecule has 8 rings (SSSR count). The van der Waals surface area contributed by atoms with Gasteiger partial charge in [0.2, 0.25) is 0 Å². The van der Waals surface area contributed by atoms with Gasteiger partial charge in [-0.3, -0.25) is 9.97 Å². The highest BCUT2D eigenvalue weighted by molar-refractivity contribution is 5.96. The summed E-state index contributed by atoms with van der Waals surface area (Å²) >= 11 is 0. The van der Waals surface area contributed by atoms with Crippen molar-refractivity contribution < 1.29 is 5.11 Å². The van der Waals surface area contributed by atoms with Gasteiger partial charge in [-0.05, 0) is 87.8 Å². The number of hydrogen-bond acceptors (Lipinski definition) is 4. The normalized spacial score (nSPS) is 11.2. The van der Waals surface area contributed by atoms with E-state index in [0.717, 1.165) is 61.2 Å². The minimum atomic E-state index is 0.147. The van der Waals surface area contributed by atoms with E-state index in [1.807, 2.05) is 29.9 Å². The molecule has 8 aromatic rings. The van der Waals surface area contributed by atoms with E-state index < -0.39 is 0 Å². The first-order chi connectivity index (χ1) is 23.5. The molecule has 0 aliphatic rings. The predicted octanol–water partition coefficient (Wildman–Crippen LogP) is 10.4. The molecule has 3 aromatic heterocycles. The first kappa shape index (κ1) is 29.1. The molecule has 0 aliphatic carbocycles. The molecule has 5 heteroatoms. The van der Waals surface area contributed by atoms with E-state index in [-0.39, 0.29) is 5.75 Å². The van der Waals surface area contributed by atoms with Crippen molar-refractivity contribution in [2.24, 2.45) is 7.05 Å². The van der Waals surface area contributed by atoms with E-state index in [0.29, 0.717) is 11.4 Å². The van der Waals surface area contributed by atoms with Crippen LogP contribution >= 0.6 is 0 Å². The fourth-order valence-electron chi connectivity index (χ4n) is 6.44. The van der Waals surface area contributed by atoms with Gasteiger partial charge < -0.3 is 9.67 Å². The molecule has 0 atom stereocenters.